The number of nitrogens with zero attached hydrogens (tertiary/aromatic N) is 4. The Morgan fingerprint density at radius 3 is 1.43 bits per heavy atom. The minimum absolute atomic E-state index is 0.00913. The van der Waals surface area contributed by atoms with Crippen LogP contribution in [0.15, 0.2) is 122 Å². The van der Waals surface area contributed by atoms with Crippen LogP contribution in [0.3, 0.4) is 0 Å². The highest BCUT2D eigenvalue weighted by molar-refractivity contribution is 6.09. The third-order valence-corrected chi connectivity index (χ3v) is 13.6. The molecule has 3 heterocycles. The smallest absolute Gasteiger partial charge is 0.138 e. The van der Waals surface area contributed by atoms with Gasteiger partial charge in [-0.25, -0.2) is 4.98 Å². The third-order valence-electron chi connectivity index (χ3n) is 13.6. The molecule has 0 unspecified atom stereocenters. The number of hydrogen-bond acceptors (Lipinski definition) is 4. The van der Waals surface area contributed by atoms with Crippen LogP contribution in [0.25, 0.3) is 38.8 Å². The van der Waals surface area contributed by atoms with E-state index in [4.69, 9.17) is 9.72 Å². The standard InChI is InChI=1S/C62H76N4O/c1-57(2,3)41-27-40(28-42(29-41)58(4,5)6)52-37-56(63-38-53(52)62(16,17)18)66-54-22-20-19-21-50(54)51-24-23-48(36-55(51)66)67-49-34-45(61(13,14)15)33-47(35-49)65-26-25-64(39-65)46-31-43(59(7,8)9)30-44(32-46)60(10,11)12/h19-38H,39H2,1-18H3. The molecular formula is C62H76N4O. The molecule has 5 nitrogen and oxygen atoms in total. The molecule has 0 atom stereocenters. The van der Waals surface area contributed by atoms with Crippen molar-refractivity contribution in [1.82, 2.24) is 9.55 Å². The Balaban J connectivity index is 1.21. The maximum Gasteiger partial charge on any atom is 0.138 e. The van der Waals surface area contributed by atoms with Crippen molar-refractivity contribution in [2.24, 2.45) is 0 Å². The second-order valence-electron chi connectivity index (χ2n) is 25.4. The first-order chi connectivity index (χ1) is 30.9. The lowest BCUT2D eigenvalue weighted by atomic mass is 9.77. The SMILES string of the molecule is CC(C)(C)c1cc(Oc2ccc3c4ccccc4n(-c4cc(-c5cc(C(C)(C)C)cc(C(C)(C)C)c5)c(C(C)(C)C)cn4)c3c2)cc(N2C=CN(c3cc(C(C)(C)C)cc(C(C)(C)C)c3)C2)c1. The topological polar surface area (TPSA) is 33.5 Å². The van der Waals surface area contributed by atoms with Gasteiger partial charge in [-0.3, -0.25) is 4.57 Å². The fraction of sp³-hybridized carbons (Fsp3) is 0.403. The first kappa shape index (κ1) is 47.7. The van der Waals surface area contributed by atoms with Gasteiger partial charge in [0.25, 0.3) is 0 Å². The average Bonchev–Trinajstić information content (AvgIpc) is 3.85. The van der Waals surface area contributed by atoms with Crippen LogP contribution in [-0.4, -0.2) is 16.2 Å². The Morgan fingerprint density at radius 2 is 0.910 bits per heavy atom. The van der Waals surface area contributed by atoms with Gasteiger partial charge in [-0.1, -0.05) is 167 Å². The van der Waals surface area contributed by atoms with E-state index in [1.807, 2.05) is 0 Å². The van der Waals surface area contributed by atoms with Crippen molar-refractivity contribution in [3.05, 3.63) is 155 Å². The number of hydrogen-bond donors (Lipinski definition) is 0. The van der Waals surface area contributed by atoms with E-state index in [-0.39, 0.29) is 32.5 Å². The molecule has 0 bridgehead atoms. The van der Waals surface area contributed by atoms with Crippen LogP contribution in [0.2, 0.25) is 0 Å². The Labute approximate surface area is 402 Å². The molecule has 1 aliphatic rings. The fourth-order valence-corrected chi connectivity index (χ4v) is 9.09. The third kappa shape index (κ3) is 9.80. The van der Waals surface area contributed by atoms with Gasteiger partial charge in [-0.05, 0) is 126 Å². The zero-order valence-electron chi connectivity index (χ0n) is 44.0. The van der Waals surface area contributed by atoms with E-state index in [1.54, 1.807) is 0 Å². The van der Waals surface area contributed by atoms with Crippen LogP contribution in [0, 0.1) is 0 Å². The van der Waals surface area contributed by atoms with E-state index in [2.05, 4.69) is 261 Å². The average molecular weight is 893 g/mol. The summed E-state index contributed by atoms with van der Waals surface area (Å²) in [6.45, 7) is 42.1. The Morgan fingerprint density at radius 1 is 0.433 bits per heavy atom. The van der Waals surface area contributed by atoms with E-state index in [0.717, 1.165) is 39.4 Å². The summed E-state index contributed by atoms with van der Waals surface area (Å²) in [5.41, 5.74) is 14.6. The summed E-state index contributed by atoms with van der Waals surface area (Å²) in [7, 11) is 0. The first-order valence-corrected chi connectivity index (χ1v) is 24.4. The van der Waals surface area contributed by atoms with Gasteiger partial charge in [0.05, 0.1) is 17.7 Å². The lowest BCUT2D eigenvalue weighted by Crippen LogP contribution is -2.26. The Bertz CT molecular complexity index is 2960. The zero-order chi connectivity index (χ0) is 48.8. The Kier molecular flexibility index (Phi) is 11.7. The van der Waals surface area contributed by atoms with Gasteiger partial charge >= 0.3 is 0 Å². The molecule has 0 saturated heterocycles. The summed E-state index contributed by atoms with van der Waals surface area (Å²) in [6.07, 6.45) is 6.53. The minimum Gasteiger partial charge on any atom is -0.457 e. The van der Waals surface area contributed by atoms with Crippen LogP contribution < -0.4 is 14.5 Å². The highest BCUT2D eigenvalue weighted by Crippen LogP contribution is 2.43. The van der Waals surface area contributed by atoms with Gasteiger partial charge in [-0.15, -0.1) is 0 Å². The zero-order valence-corrected chi connectivity index (χ0v) is 44.0. The Hall–Kier alpha value is -5.81. The number of para-hydroxylation sites is 1. The predicted molar refractivity (Wildman–Crippen MR) is 288 cm³/mol. The van der Waals surface area contributed by atoms with Crippen LogP contribution in [0.4, 0.5) is 11.4 Å². The molecule has 350 valence electrons. The maximum absolute atomic E-state index is 6.98. The monoisotopic (exact) mass is 893 g/mol. The van der Waals surface area contributed by atoms with Gasteiger partial charge in [-0.2, -0.15) is 0 Å². The second-order valence-corrected chi connectivity index (χ2v) is 25.4. The van der Waals surface area contributed by atoms with E-state index >= 15 is 0 Å². The van der Waals surface area contributed by atoms with Crippen molar-refractivity contribution in [3.8, 4) is 28.4 Å². The quantitative estimate of drug-likeness (QED) is 0.167. The summed E-state index contributed by atoms with van der Waals surface area (Å²) < 4.78 is 9.30. The molecule has 0 fully saturated rings. The molecule has 2 aromatic heterocycles. The number of aromatic nitrogens is 2. The lowest BCUT2D eigenvalue weighted by Gasteiger charge is -2.29. The van der Waals surface area contributed by atoms with Crippen LogP contribution in [0.5, 0.6) is 11.5 Å². The number of benzene rings is 5. The molecule has 0 saturated carbocycles. The van der Waals surface area contributed by atoms with Crippen LogP contribution in [-0.2, 0) is 32.5 Å². The van der Waals surface area contributed by atoms with Crippen molar-refractivity contribution >= 4 is 33.2 Å². The molecule has 7 aromatic rings. The second kappa shape index (κ2) is 16.5. The lowest BCUT2D eigenvalue weighted by molar-refractivity contribution is 0.479. The molecule has 0 amide bonds. The number of anilines is 2. The van der Waals surface area contributed by atoms with Crippen molar-refractivity contribution in [2.75, 3.05) is 16.5 Å². The summed E-state index contributed by atoms with van der Waals surface area (Å²) in [4.78, 5) is 9.98. The molecule has 5 aromatic carbocycles. The molecule has 0 spiro atoms. The molecule has 5 heteroatoms. The van der Waals surface area contributed by atoms with Gasteiger partial charge in [0, 0.05) is 52.9 Å². The molecular weight excluding hydrogens is 817 g/mol. The summed E-state index contributed by atoms with van der Waals surface area (Å²) in [5, 5.41) is 2.34. The summed E-state index contributed by atoms with van der Waals surface area (Å²) >= 11 is 0. The molecule has 8 rings (SSSR count). The first-order valence-electron chi connectivity index (χ1n) is 24.4. The van der Waals surface area contributed by atoms with Gasteiger partial charge in [0.2, 0.25) is 0 Å². The van der Waals surface area contributed by atoms with Crippen LogP contribution in [0.1, 0.15) is 158 Å². The van der Waals surface area contributed by atoms with Gasteiger partial charge in [0.1, 0.15) is 17.3 Å². The fourth-order valence-electron chi connectivity index (χ4n) is 9.09. The highest BCUT2D eigenvalue weighted by Gasteiger charge is 2.28. The van der Waals surface area contributed by atoms with E-state index < -0.39 is 0 Å². The molecule has 0 aliphatic carbocycles. The molecule has 1 aliphatic heterocycles. The molecule has 0 radical (unpaired) electrons. The van der Waals surface area contributed by atoms with E-state index in [1.165, 1.54) is 55.6 Å². The highest BCUT2D eigenvalue weighted by atomic mass is 16.5. The summed E-state index contributed by atoms with van der Waals surface area (Å²) in [5.74, 6) is 2.47. The largest absolute Gasteiger partial charge is 0.457 e. The summed E-state index contributed by atoms with van der Waals surface area (Å²) in [6, 6.07) is 38.6. The van der Waals surface area contributed by atoms with Crippen molar-refractivity contribution in [3.63, 3.8) is 0 Å². The molecule has 67 heavy (non-hydrogen) atoms. The van der Waals surface area contributed by atoms with Crippen LogP contribution >= 0.6 is 0 Å². The number of fused-ring (bicyclic) bond motifs is 3. The van der Waals surface area contributed by atoms with E-state index in [9.17, 15) is 0 Å². The van der Waals surface area contributed by atoms with E-state index in [0.29, 0.717) is 6.67 Å². The van der Waals surface area contributed by atoms with Crippen molar-refractivity contribution in [2.45, 2.75) is 157 Å². The number of rotatable bonds is 6. The minimum atomic E-state index is -0.126. The van der Waals surface area contributed by atoms with Crippen molar-refractivity contribution < 1.29 is 4.74 Å². The van der Waals surface area contributed by atoms with Gasteiger partial charge in [0.15, 0.2) is 0 Å². The number of pyridine rings is 1. The molecule has 0 N–H and O–H groups in total. The normalized spacial score (nSPS) is 14.2. The van der Waals surface area contributed by atoms with Gasteiger partial charge < -0.3 is 14.5 Å². The maximum atomic E-state index is 6.98. The number of ether oxygens (including phenoxy) is 1. The predicted octanol–water partition coefficient (Wildman–Crippen LogP) is 17.2. The van der Waals surface area contributed by atoms with Crippen molar-refractivity contribution in [1.29, 1.82) is 0 Å².